The number of nitrogens with zero attached hydrogens (tertiary/aromatic N) is 2. The first-order valence-corrected chi connectivity index (χ1v) is 14.3. The Hall–Kier alpha value is -3.36. The van der Waals surface area contributed by atoms with E-state index >= 15 is 0 Å². The van der Waals surface area contributed by atoms with E-state index in [9.17, 15) is 18.0 Å². The molecule has 0 aromatic heterocycles. The number of benzene rings is 3. The Morgan fingerprint density at radius 2 is 1.58 bits per heavy atom. The van der Waals surface area contributed by atoms with Gasteiger partial charge in [-0.15, -0.1) is 0 Å². The van der Waals surface area contributed by atoms with Crippen LogP contribution in [-0.4, -0.2) is 50.3 Å². The Kier molecular flexibility index (Phi) is 9.94. The number of halogens is 1. The molecule has 0 aliphatic heterocycles. The summed E-state index contributed by atoms with van der Waals surface area (Å²) in [6.45, 7) is 6.95. The van der Waals surface area contributed by atoms with E-state index in [4.69, 9.17) is 11.6 Å². The molecule has 38 heavy (non-hydrogen) atoms. The van der Waals surface area contributed by atoms with Crippen LogP contribution in [0.1, 0.15) is 31.9 Å². The Morgan fingerprint density at radius 1 is 0.921 bits per heavy atom. The van der Waals surface area contributed by atoms with Crippen molar-refractivity contribution in [1.82, 2.24) is 10.2 Å². The number of carbonyl (C=O) groups excluding carboxylic acids is 2. The van der Waals surface area contributed by atoms with E-state index in [1.807, 2.05) is 51.1 Å². The standard InChI is InChI=1S/C29H34ClN3O4S/c1-21(2)31-29(35)23(4)32(18-17-24-9-6-5-7-10-24)28(34)20-33(26-12-8-11-25(30)19-26)38(36,37)27-15-13-22(3)14-16-27/h5-16,19,21,23H,17-18,20H2,1-4H3,(H,31,35)/t23-/m1/s1. The van der Waals surface area contributed by atoms with Gasteiger partial charge in [-0.05, 0) is 70.0 Å². The van der Waals surface area contributed by atoms with E-state index in [1.165, 1.54) is 23.1 Å². The summed E-state index contributed by atoms with van der Waals surface area (Å²) >= 11 is 6.19. The van der Waals surface area contributed by atoms with Crippen molar-refractivity contribution in [2.45, 2.75) is 51.1 Å². The van der Waals surface area contributed by atoms with Gasteiger partial charge >= 0.3 is 0 Å². The number of anilines is 1. The lowest BCUT2D eigenvalue weighted by molar-refractivity contribution is -0.139. The minimum atomic E-state index is -4.12. The predicted molar refractivity (Wildman–Crippen MR) is 152 cm³/mol. The third-order valence-electron chi connectivity index (χ3n) is 6.07. The molecule has 7 nitrogen and oxygen atoms in total. The highest BCUT2D eigenvalue weighted by molar-refractivity contribution is 7.92. The zero-order chi connectivity index (χ0) is 27.9. The average molecular weight is 556 g/mol. The van der Waals surface area contributed by atoms with Crippen LogP contribution in [0.3, 0.4) is 0 Å². The molecule has 2 amide bonds. The molecule has 0 unspecified atom stereocenters. The van der Waals surface area contributed by atoms with E-state index < -0.39 is 28.5 Å². The molecule has 1 N–H and O–H groups in total. The maximum absolute atomic E-state index is 13.8. The molecular formula is C29H34ClN3O4S. The second-order valence-corrected chi connectivity index (χ2v) is 11.8. The topological polar surface area (TPSA) is 86.8 Å². The summed E-state index contributed by atoms with van der Waals surface area (Å²) in [5.41, 5.74) is 2.17. The molecule has 0 aliphatic carbocycles. The van der Waals surface area contributed by atoms with Gasteiger partial charge in [-0.3, -0.25) is 13.9 Å². The summed E-state index contributed by atoms with van der Waals surface area (Å²) < 4.78 is 28.6. The minimum Gasteiger partial charge on any atom is -0.352 e. The molecule has 3 rings (SSSR count). The number of hydrogen-bond donors (Lipinski definition) is 1. The summed E-state index contributed by atoms with van der Waals surface area (Å²) in [4.78, 5) is 28.2. The van der Waals surface area contributed by atoms with Gasteiger partial charge in [-0.25, -0.2) is 8.42 Å². The molecule has 3 aromatic carbocycles. The van der Waals surface area contributed by atoms with Gasteiger partial charge in [0.15, 0.2) is 0 Å². The zero-order valence-electron chi connectivity index (χ0n) is 22.1. The first-order valence-electron chi connectivity index (χ1n) is 12.5. The van der Waals surface area contributed by atoms with Gasteiger partial charge in [-0.1, -0.05) is 65.7 Å². The van der Waals surface area contributed by atoms with Crippen LogP contribution in [0.4, 0.5) is 5.69 Å². The quantitative estimate of drug-likeness (QED) is 0.367. The molecule has 3 aromatic rings. The predicted octanol–water partition coefficient (Wildman–Crippen LogP) is 4.83. The molecule has 0 aliphatic rings. The Balaban J connectivity index is 1.98. The van der Waals surface area contributed by atoms with E-state index in [0.29, 0.717) is 11.4 Å². The van der Waals surface area contributed by atoms with E-state index in [1.54, 1.807) is 37.3 Å². The number of carbonyl (C=O) groups is 2. The Morgan fingerprint density at radius 3 is 2.18 bits per heavy atom. The van der Waals surface area contributed by atoms with Crippen molar-refractivity contribution in [3.05, 3.63) is 95.0 Å². The Labute approximate surface area is 230 Å². The highest BCUT2D eigenvalue weighted by Crippen LogP contribution is 2.27. The van der Waals surface area contributed by atoms with Crippen molar-refractivity contribution in [3.63, 3.8) is 0 Å². The van der Waals surface area contributed by atoms with Gasteiger partial charge in [0, 0.05) is 17.6 Å². The van der Waals surface area contributed by atoms with Gasteiger partial charge in [0.05, 0.1) is 10.6 Å². The molecule has 0 heterocycles. The third-order valence-corrected chi connectivity index (χ3v) is 8.09. The lowest BCUT2D eigenvalue weighted by Gasteiger charge is -2.32. The molecule has 0 bridgehead atoms. The summed E-state index contributed by atoms with van der Waals surface area (Å²) in [5.74, 6) is -0.805. The lowest BCUT2D eigenvalue weighted by Crippen LogP contribution is -2.53. The van der Waals surface area contributed by atoms with Gasteiger partial charge in [0.2, 0.25) is 11.8 Å². The molecule has 202 valence electrons. The van der Waals surface area contributed by atoms with E-state index in [0.717, 1.165) is 15.4 Å². The number of amides is 2. The number of sulfonamides is 1. The van der Waals surface area contributed by atoms with Crippen molar-refractivity contribution >= 4 is 39.1 Å². The second-order valence-electron chi connectivity index (χ2n) is 9.47. The van der Waals surface area contributed by atoms with Gasteiger partial charge in [0.1, 0.15) is 12.6 Å². The number of nitrogens with one attached hydrogen (secondary N) is 1. The highest BCUT2D eigenvalue weighted by atomic mass is 35.5. The molecule has 1 atom stereocenters. The van der Waals surface area contributed by atoms with Crippen LogP contribution >= 0.6 is 11.6 Å². The smallest absolute Gasteiger partial charge is 0.264 e. The van der Waals surface area contributed by atoms with Crippen LogP contribution in [0.25, 0.3) is 0 Å². The third kappa shape index (κ3) is 7.58. The maximum Gasteiger partial charge on any atom is 0.264 e. The van der Waals surface area contributed by atoms with Crippen molar-refractivity contribution in [3.8, 4) is 0 Å². The summed E-state index contributed by atoms with van der Waals surface area (Å²) in [6, 6.07) is 21.5. The van der Waals surface area contributed by atoms with Gasteiger partial charge < -0.3 is 10.2 Å². The fraction of sp³-hybridized carbons (Fsp3) is 0.310. The average Bonchev–Trinajstić information content (AvgIpc) is 2.87. The molecule has 0 radical (unpaired) electrons. The number of aryl methyl sites for hydroxylation is 1. The lowest BCUT2D eigenvalue weighted by atomic mass is 10.1. The fourth-order valence-corrected chi connectivity index (χ4v) is 5.56. The maximum atomic E-state index is 13.8. The molecule has 0 saturated heterocycles. The van der Waals surface area contributed by atoms with Gasteiger partial charge in [0.25, 0.3) is 10.0 Å². The van der Waals surface area contributed by atoms with Crippen molar-refractivity contribution < 1.29 is 18.0 Å². The molecule has 0 spiro atoms. The van der Waals surface area contributed by atoms with Crippen molar-refractivity contribution in [2.75, 3.05) is 17.4 Å². The largest absolute Gasteiger partial charge is 0.352 e. The van der Waals surface area contributed by atoms with Crippen molar-refractivity contribution in [1.29, 1.82) is 0 Å². The van der Waals surface area contributed by atoms with Crippen molar-refractivity contribution in [2.24, 2.45) is 0 Å². The Bertz CT molecular complexity index is 1350. The van der Waals surface area contributed by atoms with Crippen LogP contribution in [-0.2, 0) is 26.0 Å². The van der Waals surface area contributed by atoms with Crippen LogP contribution in [0, 0.1) is 6.92 Å². The second kappa shape index (κ2) is 12.9. The summed E-state index contributed by atoms with van der Waals surface area (Å²) in [5, 5.41) is 3.19. The fourth-order valence-electron chi connectivity index (χ4n) is 3.97. The first kappa shape index (κ1) is 29.2. The minimum absolute atomic E-state index is 0.0531. The molecule has 9 heteroatoms. The van der Waals surface area contributed by atoms with Crippen LogP contribution < -0.4 is 9.62 Å². The number of hydrogen-bond acceptors (Lipinski definition) is 4. The normalized spacial score (nSPS) is 12.2. The number of rotatable bonds is 11. The highest BCUT2D eigenvalue weighted by Gasteiger charge is 2.32. The van der Waals surface area contributed by atoms with E-state index in [-0.39, 0.29) is 29.1 Å². The summed E-state index contributed by atoms with van der Waals surface area (Å²) in [7, 11) is -4.12. The van der Waals surface area contributed by atoms with E-state index in [2.05, 4.69) is 5.32 Å². The molecule has 0 fully saturated rings. The summed E-state index contributed by atoms with van der Waals surface area (Å²) in [6.07, 6.45) is 0.508. The molecular weight excluding hydrogens is 522 g/mol. The monoisotopic (exact) mass is 555 g/mol. The van der Waals surface area contributed by atoms with Crippen LogP contribution in [0.2, 0.25) is 5.02 Å². The van der Waals surface area contributed by atoms with Crippen LogP contribution in [0.15, 0.2) is 83.8 Å². The first-order chi connectivity index (χ1) is 18.0. The molecule has 0 saturated carbocycles. The zero-order valence-corrected chi connectivity index (χ0v) is 23.7. The van der Waals surface area contributed by atoms with Crippen LogP contribution in [0.5, 0.6) is 0 Å². The SMILES string of the molecule is Cc1ccc(S(=O)(=O)N(CC(=O)N(CCc2ccccc2)[C@H](C)C(=O)NC(C)C)c2cccc(Cl)c2)cc1. The van der Waals surface area contributed by atoms with Gasteiger partial charge in [-0.2, -0.15) is 0 Å².